The highest BCUT2D eigenvalue weighted by atomic mass is 35.5. The van der Waals surface area contributed by atoms with Gasteiger partial charge in [-0.2, -0.15) is 0 Å². The number of alkyl halides is 1. The van der Waals surface area contributed by atoms with E-state index in [0.29, 0.717) is 0 Å². The molecule has 0 radical (unpaired) electrons. The molecule has 0 aromatic carbocycles. The van der Waals surface area contributed by atoms with Gasteiger partial charge in [0.2, 0.25) is 5.91 Å². The molecule has 1 atom stereocenters. The molecule has 2 rings (SSSR count). The Morgan fingerprint density at radius 1 is 1.53 bits per heavy atom. The third kappa shape index (κ3) is 1.65. The van der Waals surface area contributed by atoms with Crippen LogP contribution in [0.15, 0.2) is 12.1 Å². The van der Waals surface area contributed by atoms with Gasteiger partial charge in [0.1, 0.15) is 5.88 Å². The number of rotatable bonds is 1. The summed E-state index contributed by atoms with van der Waals surface area (Å²) >= 11 is 5.58. The first-order valence-corrected chi connectivity index (χ1v) is 5.70. The molecule has 0 spiro atoms. The second-order valence-electron chi connectivity index (χ2n) is 3.95. The second kappa shape index (κ2) is 3.89. The molecule has 0 saturated heterocycles. The molecule has 4 heteroatoms. The second-order valence-corrected chi connectivity index (χ2v) is 4.22. The van der Waals surface area contributed by atoms with Crippen molar-refractivity contribution < 1.29 is 4.79 Å². The van der Waals surface area contributed by atoms with E-state index in [1.54, 1.807) is 0 Å². The number of aromatic nitrogens is 1. The molecule has 1 aliphatic rings. The Bertz CT molecular complexity index is 386. The maximum atomic E-state index is 11.6. The molecule has 0 N–H and O–H groups in total. The van der Waals surface area contributed by atoms with Crippen molar-refractivity contribution in [2.75, 3.05) is 12.4 Å². The Kier molecular flexibility index (Phi) is 2.74. The number of nitrogens with zero attached hydrogens (tertiary/aromatic N) is 2. The summed E-state index contributed by atoms with van der Waals surface area (Å²) in [4.78, 5) is 13.4. The molecule has 82 valence electrons. The molecule has 3 nitrogen and oxygen atoms in total. The molecule has 0 bridgehead atoms. The Balaban J connectivity index is 2.30. The summed E-state index contributed by atoms with van der Waals surface area (Å²) in [6, 6.07) is 4.33. The van der Waals surface area contributed by atoms with Gasteiger partial charge in [-0.05, 0) is 26.0 Å². The van der Waals surface area contributed by atoms with Gasteiger partial charge in [-0.15, -0.1) is 11.6 Å². The number of hydrogen-bond donors (Lipinski definition) is 0. The van der Waals surface area contributed by atoms with Gasteiger partial charge in [0, 0.05) is 24.5 Å². The molecule has 15 heavy (non-hydrogen) atoms. The first-order valence-electron chi connectivity index (χ1n) is 5.16. The largest absolute Gasteiger partial charge is 0.345 e. The van der Waals surface area contributed by atoms with Gasteiger partial charge in [0.05, 0.1) is 6.04 Å². The van der Waals surface area contributed by atoms with Gasteiger partial charge >= 0.3 is 0 Å². The molecule has 1 amide bonds. The van der Waals surface area contributed by atoms with Crippen molar-refractivity contribution in [2.45, 2.75) is 26.4 Å². The van der Waals surface area contributed by atoms with Crippen LogP contribution in [0.5, 0.6) is 0 Å². The lowest BCUT2D eigenvalue weighted by Gasteiger charge is -2.35. The van der Waals surface area contributed by atoms with E-state index in [1.165, 1.54) is 11.4 Å². The zero-order valence-electron chi connectivity index (χ0n) is 9.03. The van der Waals surface area contributed by atoms with Crippen LogP contribution in [0.3, 0.4) is 0 Å². The minimum Gasteiger partial charge on any atom is -0.345 e. The van der Waals surface area contributed by atoms with Gasteiger partial charge < -0.3 is 9.47 Å². The van der Waals surface area contributed by atoms with Crippen molar-refractivity contribution in [2.24, 2.45) is 0 Å². The van der Waals surface area contributed by atoms with E-state index in [0.717, 1.165) is 13.1 Å². The van der Waals surface area contributed by atoms with E-state index in [-0.39, 0.29) is 17.8 Å². The van der Waals surface area contributed by atoms with Crippen molar-refractivity contribution in [3.05, 3.63) is 23.5 Å². The van der Waals surface area contributed by atoms with Crippen LogP contribution in [-0.2, 0) is 11.3 Å². The average Bonchev–Trinajstić information content (AvgIpc) is 2.61. The van der Waals surface area contributed by atoms with E-state index >= 15 is 0 Å². The van der Waals surface area contributed by atoms with Crippen LogP contribution in [-0.4, -0.2) is 27.8 Å². The summed E-state index contributed by atoms with van der Waals surface area (Å²) in [6.07, 6.45) is 0. The molecule has 1 aromatic heterocycles. The van der Waals surface area contributed by atoms with Crippen LogP contribution in [0.1, 0.15) is 24.4 Å². The van der Waals surface area contributed by atoms with Crippen molar-refractivity contribution >= 4 is 17.5 Å². The Hall–Kier alpha value is -0.960. The van der Waals surface area contributed by atoms with Gasteiger partial charge in [-0.25, -0.2) is 0 Å². The third-order valence-electron chi connectivity index (χ3n) is 3.13. The molecule has 0 fully saturated rings. The normalized spacial score (nSPS) is 20.2. The zero-order chi connectivity index (χ0) is 11.0. The van der Waals surface area contributed by atoms with Crippen molar-refractivity contribution in [1.29, 1.82) is 0 Å². The SMILES string of the molecule is Cc1ccc2n1CCN(C(=O)CCl)C2C. The van der Waals surface area contributed by atoms with Crippen LogP contribution in [0.4, 0.5) is 0 Å². The third-order valence-corrected chi connectivity index (χ3v) is 3.36. The number of carbonyl (C=O) groups excluding carboxylic acids is 1. The molecule has 0 aliphatic carbocycles. The number of amides is 1. The number of carbonyl (C=O) groups is 1. The molecular weight excluding hydrogens is 212 g/mol. The maximum Gasteiger partial charge on any atom is 0.238 e. The van der Waals surface area contributed by atoms with E-state index in [4.69, 9.17) is 11.6 Å². The molecular formula is C11H15ClN2O. The number of aryl methyl sites for hydroxylation is 1. The van der Waals surface area contributed by atoms with Gasteiger partial charge in [0.15, 0.2) is 0 Å². The summed E-state index contributed by atoms with van der Waals surface area (Å²) < 4.78 is 2.27. The first kappa shape index (κ1) is 10.6. The van der Waals surface area contributed by atoms with Crippen LogP contribution >= 0.6 is 11.6 Å². The van der Waals surface area contributed by atoms with E-state index in [1.807, 2.05) is 4.90 Å². The van der Waals surface area contributed by atoms with Crippen molar-refractivity contribution in [3.8, 4) is 0 Å². The van der Waals surface area contributed by atoms with E-state index in [2.05, 4.69) is 30.5 Å². The molecule has 1 aliphatic heterocycles. The fourth-order valence-electron chi connectivity index (χ4n) is 2.24. The standard InChI is InChI=1S/C11H15ClN2O/c1-8-3-4-10-9(2)14(11(15)7-12)6-5-13(8)10/h3-4,9H,5-7H2,1-2H3. The van der Waals surface area contributed by atoms with Gasteiger partial charge in [-0.3, -0.25) is 4.79 Å². The quantitative estimate of drug-likeness (QED) is 0.672. The minimum atomic E-state index is 0.0225. The van der Waals surface area contributed by atoms with Gasteiger partial charge in [0.25, 0.3) is 0 Å². The van der Waals surface area contributed by atoms with Crippen LogP contribution in [0, 0.1) is 6.92 Å². The van der Waals surface area contributed by atoms with Crippen molar-refractivity contribution in [1.82, 2.24) is 9.47 Å². The summed E-state index contributed by atoms with van der Waals surface area (Å²) in [6.45, 7) is 5.78. The summed E-state index contributed by atoms with van der Waals surface area (Å²) in [5.41, 5.74) is 2.46. The number of hydrogen-bond acceptors (Lipinski definition) is 1. The fourth-order valence-corrected chi connectivity index (χ4v) is 2.39. The molecule has 2 heterocycles. The zero-order valence-corrected chi connectivity index (χ0v) is 9.79. The Labute approximate surface area is 94.6 Å². The summed E-state index contributed by atoms with van der Waals surface area (Å²) in [5, 5.41) is 0. The highest BCUT2D eigenvalue weighted by Gasteiger charge is 2.27. The molecule has 1 aromatic rings. The summed E-state index contributed by atoms with van der Waals surface area (Å²) in [7, 11) is 0. The predicted octanol–water partition coefficient (Wildman–Crippen LogP) is 1.94. The highest BCUT2D eigenvalue weighted by Crippen LogP contribution is 2.27. The minimum absolute atomic E-state index is 0.0225. The topological polar surface area (TPSA) is 25.2 Å². The average molecular weight is 227 g/mol. The van der Waals surface area contributed by atoms with E-state index in [9.17, 15) is 4.79 Å². The lowest BCUT2D eigenvalue weighted by molar-refractivity contribution is -0.131. The molecule has 1 unspecified atom stereocenters. The Morgan fingerprint density at radius 2 is 2.27 bits per heavy atom. The fraction of sp³-hybridized carbons (Fsp3) is 0.545. The van der Waals surface area contributed by atoms with Crippen LogP contribution in [0.25, 0.3) is 0 Å². The first-order chi connectivity index (χ1) is 7.15. The van der Waals surface area contributed by atoms with E-state index < -0.39 is 0 Å². The lowest BCUT2D eigenvalue weighted by Crippen LogP contribution is -2.41. The van der Waals surface area contributed by atoms with Crippen LogP contribution < -0.4 is 0 Å². The summed E-state index contributed by atoms with van der Waals surface area (Å²) in [5.74, 6) is 0.0959. The van der Waals surface area contributed by atoms with Crippen molar-refractivity contribution in [3.63, 3.8) is 0 Å². The smallest absolute Gasteiger partial charge is 0.238 e. The highest BCUT2D eigenvalue weighted by molar-refractivity contribution is 6.27. The monoisotopic (exact) mass is 226 g/mol. The Morgan fingerprint density at radius 3 is 2.93 bits per heavy atom. The predicted molar refractivity (Wildman–Crippen MR) is 60.0 cm³/mol. The maximum absolute atomic E-state index is 11.6. The van der Waals surface area contributed by atoms with Crippen LogP contribution in [0.2, 0.25) is 0 Å². The number of fused-ring (bicyclic) bond motifs is 1. The van der Waals surface area contributed by atoms with Gasteiger partial charge in [-0.1, -0.05) is 0 Å². The number of halogens is 1. The lowest BCUT2D eigenvalue weighted by atomic mass is 10.1. The molecule has 0 saturated carbocycles.